The zero-order chi connectivity index (χ0) is 15.2. The van der Waals surface area contributed by atoms with Crippen LogP contribution in [0.1, 0.15) is 5.56 Å². The summed E-state index contributed by atoms with van der Waals surface area (Å²) in [6.45, 7) is -0.0947. The van der Waals surface area contributed by atoms with Crippen LogP contribution >= 0.6 is 0 Å². The predicted molar refractivity (Wildman–Crippen MR) is 76.7 cm³/mol. The van der Waals surface area contributed by atoms with Gasteiger partial charge in [0, 0.05) is 6.21 Å². The zero-order valence-corrected chi connectivity index (χ0v) is 15.8. The van der Waals surface area contributed by atoms with Gasteiger partial charge in [-0.2, -0.15) is 0 Å². The molecule has 0 aromatic heterocycles. The van der Waals surface area contributed by atoms with Crippen molar-refractivity contribution in [1.29, 1.82) is 0 Å². The van der Waals surface area contributed by atoms with Gasteiger partial charge in [0.1, 0.15) is 0 Å². The smallest absolute Gasteiger partial charge is 0.748 e. The van der Waals surface area contributed by atoms with Crippen molar-refractivity contribution < 1.29 is 62.2 Å². The van der Waals surface area contributed by atoms with E-state index in [1.165, 1.54) is 27.5 Å². The van der Waals surface area contributed by atoms with Crippen molar-refractivity contribution in [3.05, 3.63) is 17.7 Å². The van der Waals surface area contributed by atoms with Crippen LogP contribution in [0.15, 0.2) is 17.1 Å². The maximum atomic E-state index is 10.4. The van der Waals surface area contributed by atoms with Crippen molar-refractivity contribution in [3.8, 4) is 17.2 Å². The summed E-state index contributed by atoms with van der Waals surface area (Å²) < 4.78 is 46.8. The first-order valence-corrected chi connectivity index (χ1v) is 7.22. The second kappa shape index (κ2) is 10.8. The third-order valence-electron chi connectivity index (χ3n) is 2.40. The summed E-state index contributed by atoms with van der Waals surface area (Å²) in [7, 11) is 0.222. The Morgan fingerprint density at radius 2 is 1.64 bits per heavy atom. The predicted octanol–water partition coefficient (Wildman–Crippen LogP) is -3.14. The Morgan fingerprint density at radius 3 is 2.00 bits per heavy atom. The standard InChI is InChI=1S/C12H17NO6S.Na.H2O/c1-17-10-6-9(7-11(18-2)12(10)19-3)8-13-4-5-20(14,15)16;;/h6-8H,4-5H2,1-3H3,(H,14,15,16);;1H2/q;+1;/p-1. The molecular weight excluding hydrogens is 325 g/mol. The molecule has 0 unspecified atom stereocenters. The van der Waals surface area contributed by atoms with E-state index in [1.807, 2.05) is 0 Å². The number of hydrogen-bond acceptors (Lipinski definition) is 7. The zero-order valence-electron chi connectivity index (χ0n) is 13.0. The minimum Gasteiger partial charge on any atom is -0.748 e. The average Bonchev–Trinajstić information content (AvgIpc) is 2.41. The van der Waals surface area contributed by atoms with Crippen LogP contribution in [0.4, 0.5) is 0 Å². The monoisotopic (exact) mass is 343 g/mol. The van der Waals surface area contributed by atoms with Crippen molar-refractivity contribution in [2.75, 3.05) is 33.6 Å². The molecule has 22 heavy (non-hydrogen) atoms. The van der Waals surface area contributed by atoms with E-state index in [0.29, 0.717) is 22.8 Å². The summed E-state index contributed by atoms with van der Waals surface area (Å²) in [5.74, 6) is 0.845. The molecule has 1 aromatic carbocycles. The summed E-state index contributed by atoms with van der Waals surface area (Å²) in [6.07, 6.45) is 1.44. The molecule has 0 aliphatic carbocycles. The molecule has 0 bridgehead atoms. The van der Waals surface area contributed by atoms with Crippen LogP contribution < -0.4 is 43.8 Å². The van der Waals surface area contributed by atoms with Gasteiger partial charge in [0.25, 0.3) is 0 Å². The molecule has 0 aliphatic heterocycles. The molecule has 2 N–H and O–H groups in total. The van der Waals surface area contributed by atoms with Gasteiger partial charge >= 0.3 is 29.6 Å². The Morgan fingerprint density at radius 1 is 1.14 bits per heavy atom. The van der Waals surface area contributed by atoms with Gasteiger partial charge in [-0.1, -0.05) is 0 Å². The van der Waals surface area contributed by atoms with Crippen molar-refractivity contribution in [1.82, 2.24) is 0 Å². The van der Waals surface area contributed by atoms with E-state index in [4.69, 9.17) is 14.2 Å². The maximum Gasteiger partial charge on any atom is 1.00 e. The fraction of sp³-hybridized carbons (Fsp3) is 0.417. The van der Waals surface area contributed by atoms with Gasteiger partial charge in [0.05, 0.1) is 43.7 Å². The number of ether oxygens (including phenoxy) is 3. The first-order chi connectivity index (χ1) is 9.41. The second-order valence-corrected chi connectivity index (χ2v) is 5.28. The van der Waals surface area contributed by atoms with Crippen LogP contribution in [-0.4, -0.2) is 58.3 Å². The molecular formula is C12H18NNaO7S. The topological polar surface area (TPSA) is 129 Å². The van der Waals surface area contributed by atoms with E-state index in [9.17, 15) is 13.0 Å². The normalized spacial score (nSPS) is 10.5. The van der Waals surface area contributed by atoms with E-state index in [0.717, 1.165) is 0 Å². The molecule has 0 atom stereocenters. The third kappa shape index (κ3) is 7.43. The molecule has 1 rings (SSSR count). The Labute approximate surface area is 151 Å². The fourth-order valence-electron chi connectivity index (χ4n) is 1.51. The number of nitrogens with zero attached hydrogens (tertiary/aromatic N) is 1. The molecule has 0 heterocycles. The van der Waals surface area contributed by atoms with Gasteiger partial charge in [-0.25, -0.2) is 8.42 Å². The Hall–Kier alpha value is -0.840. The van der Waals surface area contributed by atoms with Gasteiger partial charge in [0.2, 0.25) is 5.75 Å². The van der Waals surface area contributed by atoms with Crippen LogP contribution in [0.25, 0.3) is 0 Å². The van der Waals surface area contributed by atoms with E-state index >= 15 is 0 Å². The van der Waals surface area contributed by atoms with Crippen molar-refractivity contribution in [3.63, 3.8) is 0 Å². The van der Waals surface area contributed by atoms with Crippen LogP contribution in [0.2, 0.25) is 0 Å². The molecule has 120 valence electrons. The van der Waals surface area contributed by atoms with Crippen LogP contribution in [0.5, 0.6) is 17.2 Å². The van der Waals surface area contributed by atoms with E-state index in [2.05, 4.69) is 4.99 Å². The summed E-state index contributed by atoms with van der Waals surface area (Å²) in [5, 5.41) is 0. The largest absolute Gasteiger partial charge is 1.00 e. The van der Waals surface area contributed by atoms with Gasteiger partial charge in [-0.05, 0) is 17.7 Å². The average molecular weight is 343 g/mol. The molecule has 1 aromatic rings. The Kier molecular flexibility index (Phi) is 11.5. The SMILES string of the molecule is COc1cc(C=NCCS(=O)(=O)[O-])cc(OC)c1OC.O.[Na+]. The van der Waals surface area contributed by atoms with Crippen molar-refractivity contribution in [2.45, 2.75) is 0 Å². The number of rotatable bonds is 7. The quantitative estimate of drug-likeness (QED) is 0.292. The number of hydrogen-bond donors (Lipinski definition) is 0. The molecule has 0 amide bonds. The summed E-state index contributed by atoms with van der Waals surface area (Å²) in [5.41, 5.74) is 0.641. The van der Waals surface area contributed by atoms with E-state index in [1.54, 1.807) is 12.1 Å². The fourth-order valence-corrected chi connectivity index (χ4v) is 1.84. The first-order valence-electron chi connectivity index (χ1n) is 5.64. The van der Waals surface area contributed by atoms with Crippen LogP contribution in [0, 0.1) is 0 Å². The Balaban J connectivity index is 0. The maximum absolute atomic E-state index is 10.4. The second-order valence-electron chi connectivity index (χ2n) is 3.76. The number of benzene rings is 1. The molecule has 0 aliphatic rings. The summed E-state index contributed by atoms with van der Waals surface area (Å²) in [6, 6.07) is 3.33. The first kappa shape index (κ1) is 23.4. The minimum atomic E-state index is -4.25. The molecule has 0 spiro atoms. The summed E-state index contributed by atoms with van der Waals surface area (Å²) in [4.78, 5) is 3.88. The molecule has 10 heteroatoms. The van der Waals surface area contributed by atoms with Gasteiger partial charge in [-0.3, -0.25) is 4.99 Å². The molecule has 0 saturated heterocycles. The van der Waals surface area contributed by atoms with Gasteiger partial charge < -0.3 is 24.2 Å². The van der Waals surface area contributed by atoms with Crippen LogP contribution in [0.3, 0.4) is 0 Å². The Bertz CT molecular complexity index is 564. The molecule has 8 nitrogen and oxygen atoms in total. The molecule has 0 saturated carbocycles. The third-order valence-corrected chi connectivity index (χ3v) is 3.08. The van der Waals surface area contributed by atoms with Crippen LogP contribution in [-0.2, 0) is 10.1 Å². The van der Waals surface area contributed by atoms with E-state index < -0.39 is 15.9 Å². The van der Waals surface area contributed by atoms with E-state index in [-0.39, 0.29) is 41.6 Å². The molecule has 0 radical (unpaired) electrons. The van der Waals surface area contributed by atoms with Gasteiger partial charge in [0.15, 0.2) is 11.5 Å². The number of methoxy groups -OCH3 is 3. The minimum absolute atomic E-state index is 0. The summed E-state index contributed by atoms with van der Waals surface area (Å²) >= 11 is 0. The van der Waals surface area contributed by atoms with Crippen molar-refractivity contribution >= 4 is 16.3 Å². The van der Waals surface area contributed by atoms with Gasteiger partial charge in [-0.15, -0.1) is 0 Å². The number of aliphatic imine (C=N–C) groups is 1. The van der Waals surface area contributed by atoms with Crippen molar-refractivity contribution in [2.24, 2.45) is 4.99 Å². The molecule has 0 fully saturated rings.